The van der Waals surface area contributed by atoms with Crippen LogP contribution in [0.2, 0.25) is 0 Å². The van der Waals surface area contributed by atoms with Gasteiger partial charge in [0.2, 0.25) is 0 Å². The molecule has 0 aliphatic heterocycles. The minimum absolute atomic E-state index is 0. The molecule has 0 bridgehead atoms. The van der Waals surface area contributed by atoms with Crippen LogP contribution in [0.5, 0.6) is 0 Å². The first-order chi connectivity index (χ1) is 4.31. The number of nitrogens with one attached hydrogen (secondary N) is 1. The first kappa shape index (κ1) is 12.1. The molecule has 0 unspecified atom stereocenters. The fourth-order valence-corrected chi connectivity index (χ4v) is 0.223. The Morgan fingerprint density at radius 1 is 1.80 bits per heavy atom. The van der Waals surface area contributed by atoms with Gasteiger partial charge in [-0.25, -0.2) is 4.79 Å². The van der Waals surface area contributed by atoms with Crippen LogP contribution in [-0.4, -0.2) is 19.1 Å². The van der Waals surface area contributed by atoms with Crippen molar-refractivity contribution in [2.75, 3.05) is 13.1 Å². The maximum atomic E-state index is 10.2. The van der Waals surface area contributed by atoms with Crippen molar-refractivity contribution >= 4 is 18.4 Å². The third kappa shape index (κ3) is 7.42. The Bertz CT molecular complexity index is 108. The van der Waals surface area contributed by atoms with Gasteiger partial charge >= 0.3 is 5.97 Å². The molecule has 0 amide bonds. The number of halogens is 1. The monoisotopic (exact) mass is 166 g/mol. The lowest BCUT2D eigenvalue weighted by molar-refractivity contribution is -0.144. The predicted molar refractivity (Wildman–Crippen MR) is 40.6 cm³/mol. The van der Waals surface area contributed by atoms with Gasteiger partial charge in [-0.2, -0.15) is 5.48 Å². The zero-order valence-corrected chi connectivity index (χ0v) is 6.32. The van der Waals surface area contributed by atoms with Gasteiger partial charge in [-0.1, -0.05) is 6.58 Å². The summed E-state index contributed by atoms with van der Waals surface area (Å²) in [6.07, 6.45) is 1.07. The molecule has 3 N–H and O–H groups in total. The maximum absolute atomic E-state index is 10.2. The van der Waals surface area contributed by atoms with Crippen LogP contribution >= 0.6 is 12.4 Å². The summed E-state index contributed by atoms with van der Waals surface area (Å²) >= 11 is 0. The van der Waals surface area contributed by atoms with Gasteiger partial charge in [-0.05, 0) is 0 Å². The Labute approximate surface area is 65.8 Å². The van der Waals surface area contributed by atoms with Crippen molar-refractivity contribution in [2.45, 2.75) is 0 Å². The number of hydroxylamine groups is 1. The lowest BCUT2D eigenvalue weighted by atomic mass is 10.7. The molecule has 0 heterocycles. The van der Waals surface area contributed by atoms with E-state index in [4.69, 9.17) is 5.73 Å². The molecule has 0 aromatic heterocycles. The van der Waals surface area contributed by atoms with E-state index in [-0.39, 0.29) is 12.4 Å². The molecule has 0 atom stereocenters. The molecular formula is C5H11ClN2O2. The average molecular weight is 167 g/mol. The molecule has 0 rings (SSSR count). The number of rotatable bonds is 4. The van der Waals surface area contributed by atoms with Gasteiger partial charge in [0.05, 0.1) is 0 Å². The van der Waals surface area contributed by atoms with Gasteiger partial charge in [0.15, 0.2) is 0 Å². The second-order valence-corrected chi connectivity index (χ2v) is 1.31. The highest BCUT2D eigenvalue weighted by Gasteiger charge is 1.90. The Kier molecular flexibility index (Phi) is 10.2. The van der Waals surface area contributed by atoms with Crippen LogP contribution in [0.3, 0.4) is 0 Å². The number of hydrogen-bond donors (Lipinski definition) is 2. The first-order valence-corrected chi connectivity index (χ1v) is 2.57. The van der Waals surface area contributed by atoms with E-state index in [2.05, 4.69) is 16.9 Å². The highest BCUT2D eigenvalue weighted by atomic mass is 35.5. The van der Waals surface area contributed by atoms with Crippen LogP contribution in [0.25, 0.3) is 0 Å². The first-order valence-electron chi connectivity index (χ1n) is 2.57. The molecule has 0 fully saturated rings. The minimum atomic E-state index is -0.497. The molecule has 10 heavy (non-hydrogen) atoms. The lowest BCUT2D eigenvalue weighted by Crippen LogP contribution is -2.24. The van der Waals surface area contributed by atoms with Gasteiger partial charge in [-0.15, -0.1) is 12.4 Å². The fourth-order valence-electron chi connectivity index (χ4n) is 0.223. The van der Waals surface area contributed by atoms with Crippen LogP contribution in [-0.2, 0) is 9.63 Å². The van der Waals surface area contributed by atoms with Gasteiger partial charge in [-0.3, -0.25) is 0 Å². The molecule has 0 radical (unpaired) electrons. The Morgan fingerprint density at radius 2 is 2.40 bits per heavy atom. The number of carbonyl (C=O) groups is 1. The van der Waals surface area contributed by atoms with Gasteiger partial charge in [0.1, 0.15) is 0 Å². The molecule has 0 aromatic rings. The molecule has 0 aliphatic rings. The van der Waals surface area contributed by atoms with Gasteiger partial charge in [0, 0.05) is 19.2 Å². The zero-order valence-electron chi connectivity index (χ0n) is 5.50. The molecule has 5 heteroatoms. The third-order valence-electron chi connectivity index (χ3n) is 0.586. The molecule has 4 nitrogen and oxygen atoms in total. The van der Waals surface area contributed by atoms with Crippen LogP contribution in [0.4, 0.5) is 0 Å². The van der Waals surface area contributed by atoms with E-state index >= 15 is 0 Å². The molecule has 0 spiro atoms. The average Bonchev–Trinajstić information content (AvgIpc) is 1.89. The van der Waals surface area contributed by atoms with Crippen molar-refractivity contribution < 1.29 is 9.63 Å². The smallest absolute Gasteiger partial charge is 0.348 e. The fraction of sp³-hybridized carbons (Fsp3) is 0.400. The van der Waals surface area contributed by atoms with Crippen molar-refractivity contribution in [3.8, 4) is 0 Å². The highest BCUT2D eigenvalue weighted by molar-refractivity contribution is 5.85. The van der Waals surface area contributed by atoms with E-state index in [1.165, 1.54) is 0 Å². The zero-order chi connectivity index (χ0) is 7.11. The summed E-state index contributed by atoms with van der Waals surface area (Å²) in [6.45, 7) is 4.09. The van der Waals surface area contributed by atoms with E-state index in [9.17, 15) is 4.79 Å². The Morgan fingerprint density at radius 3 is 2.80 bits per heavy atom. The predicted octanol–water partition coefficient (Wildman–Crippen LogP) is -0.399. The summed E-state index contributed by atoms with van der Waals surface area (Å²) in [4.78, 5) is 14.6. The Balaban J connectivity index is 0. The van der Waals surface area contributed by atoms with E-state index in [0.717, 1.165) is 6.08 Å². The van der Waals surface area contributed by atoms with Crippen molar-refractivity contribution in [3.63, 3.8) is 0 Å². The van der Waals surface area contributed by atoms with Gasteiger partial charge in [0.25, 0.3) is 0 Å². The quantitative estimate of drug-likeness (QED) is 0.339. The molecule has 0 saturated carbocycles. The summed E-state index contributed by atoms with van der Waals surface area (Å²) in [7, 11) is 0. The van der Waals surface area contributed by atoms with Crippen LogP contribution < -0.4 is 11.2 Å². The SMILES string of the molecule is C=CC(=O)ONCCN.Cl. The lowest BCUT2D eigenvalue weighted by Gasteiger charge is -1.98. The molecule has 60 valence electrons. The maximum Gasteiger partial charge on any atom is 0.348 e. The summed E-state index contributed by atoms with van der Waals surface area (Å²) in [5, 5.41) is 0. The largest absolute Gasteiger partial charge is 0.367 e. The number of hydrogen-bond acceptors (Lipinski definition) is 4. The summed E-state index contributed by atoms with van der Waals surface area (Å²) in [5.41, 5.74) is 7.42. The summed E-state index contributed by atoms with van der Waals surface area (Å²) in [5.74, 6) is -0.497. The van der Waals surface area contributed by atoms with E-state index < -0.39 is 5.97 Å². The standard InChI is InChI=1S/C5H10N2O2.ClH/c1-2-5(8)9-7-4-3-6;/h2,7H,1,3-4,6H2;1H. The number of nitrogens with two attached hydrogens (primary N) is 1. The molecule has 0 aliphatic carbocycles. The molecular weight excluding hydrogens is 156 g/mol. The van der Waals surface area contributed by atoms with Crippen LogP contribution in [0, 0.1) is 0 Å². The second kappa shape index (κ2) is 8.42. The van der Waals surface area contributed by atoms with E-state index in [0.29, 0.717) is 13.1 Å². The van der Waals surface area contributed by atoms with Crippen molar-refractivity contribution in [2.24, 2.45) is 5.73 Å². The summed E-state index contributed by atoms with van der Waals surface area (Å²) < 4.78 is 0. The number of carbonyl (C=O) groups excluding carboxylic acids is 1. The van der Waals surface area contributed by atoms with Crippen LogP contribution in [0.15, 0.2) is 12.7 Å². The van der Waals surface area contributed by atoms with E-state index in [1.807, 2.05) is 0 Å². The van der Waals surface area contributed by atoms with E-state index in [1.54, 1.807) is 0 Å². The summed E-state index contributed by atoms with van der Waals surface area (Å²) in [6, 6.07) is 0. The van der Waals surface area contributed by atoms with Crippen molar-refractivity contribution in [1.82, 2.24) is 5.48 Å². The molecule has 0 saturated heterocycles. The third-order valence-corrected chi connectivity index (χ3v) is 0.586. The minimum Gasteiger partial charge on any atom is -0.367 e. The topological polar surface area (TPSA) is 64.3 Å². The van der Waals surface area contributed by atoms with Crippen molar-refractivity contribution in [1.29, 1.82) is 0 Å². The normalized spacial score (nSPS) is 7.70. The molecule has 0 aromatic carbocycles. The Hall–Kier alpha value is -0.580. The van der Waals surface area contributed by atoms with Gasteiger partial charge < -0.3 is 10.6 Å². The van der Waals surface area contributed by atoms with Crippen molar-refractivity contribution in [3.05, 3.63) is 12.7 Å². The second-order valence-electron chi connectivity index (χ2n) is 1.31. The van der Waals surface area contributed by atoms with Crippen LogP contribution in [0.1, 0.15) is 0 Å². The highest BCUT2D eigenvalue weighted by Crippen LogP contribution is 1.70.